The zero-order valence-corrected chi connectivity index (χ0v) is 14.0. The van der Waals surface area contributed by atoms with Crippen molar-refractivity contribution in [1.82, 2.24) is 14.5 Å². The summed E-state index contributed by atoms with van der Waals surface area (Å²) in [5.74, 6) is 0. The Morgan fingerprint density at radius 3 is 2.25 bits per heavy atom. The molecule has 1 saturated heterocycles. The second-order valence-corrected chi connectivity index (χ2v) is 8.89. The van der Waals surface area contributed by atoms with Crippen molar-refractivity contribution in [3.8, 4) is 0 Å². The van der Waals surface area contributed by atoms with Crippen LogP contribution in [-0.2, 0) is 10.0 Å². The van der Waals surface area contributed by atoms with Gasteiger partial charge < -0.3 is 5.32 Å². The lowest BCUT2D eigenvalue weighted by Crippen LogP contribution is -2.61. The van der Waals surface area contributed by atoms with Crippen molar-refractivity contribution >= 4 is 10.0 Å². The molecule has 1 aliphatic heterocycles. The van der Waals surface area contributed by atoms with Gasteiger partial charge in [0.15, 0.2) is 0 Å². The van der Waals surface area contributed by atoms with Crippen LogP contribution in [0.1, 0.15) is 33.1 Å². The highest BCUT2D eigenvalue weighted by Crippen LogP contribution is 2.37. The molecule has 2 fully saturated rings. The highest BCUT2D eigenvalue weighted by molar-refractivity contribution is 7.88. The summed E-state index contributed by atoms with van der Waals surface area (Å²) in [6.07, 6.45) is 5.05. The van der Waals surface area contributed by atoms with Crippen molar-refractivity contribution in [2.75, 3.05) is 39.5 Å². The molecule has 5 nitrogen and oxygen atoms in total. The summed E-state index contributed by atoms with van der Waals surface area (Å²) < 4.78 is 24.8. The minimum atomic E-state index is -3.03. The van der Waals surface area contributed by atoms with Gasteiger partial charge in [0, 0.05) is 38.3 Å². The SMILES string of the molecule is CNC1C(N2CCN(S(C)(=O)=O)CC2)CCCC1(C)C. The molecule has 2 unspecified atom stereocenters. The second-order valence-electron chi connectivity index (χ2n) is 6.91. The average Bonchev–Trinajstić information content (AvgIpc) is 2.36. The van der Waals surface area contributed by atoms with Crippen LogP contribution in [0, 0.1) is 5.41 Å². The van der Waals surface area contributed by atoms with Crippen LogP contribution in [-0.4, -0.2) is 69.2 Å². The highest BCUT2D eigenvalue weighted by atomic mass is 32.2. The van der Waals surface area contributed by atoms with Crippen LogP contribution in [0.3, 0.4) is 0 Å². The predicted octanol–water partition coefficient (Wildman–Crippen LogP) is 0.730. The molecule has 0 radical (unpaired) electrons. The van der Waals surface area contributed by atoms with Gasteiger partial charge >= 0.3 is 0 Å². The van der Waals surface area contributed by atoms with E-state index in [0.717, 1.165) is 13.1 Å². The summed E-state index contributed by atoms with van der Waals surface area (Å²) in [5.41, 5.74) is 0.311. The number of likely N-dealkylation sites (N-methyl/N-ethyl adjacent to an activating group) is 1. The molecule has 0 aromatic rings. The molecular weight excluding hydrogens is 274 g/mol. The van der Waals surface area contributed by atoms with Crippen LogP contribution in [0.25, 0.3) is 0 Å². The van der Waals surface area contributed by atoms with Gasteiger partial charge in [-0.3, -0.25) is 4.90 Å². The maximum absolute atomic E-state index is 11.6. The van der Waals surface area contributed by atoms with E-state index in [1.165, 1.54) is 25.5 Å². The van der Waals surface area contributed by atoms with E-state index < -0.39 is 10.0 Å². The average molecular weight is 303 g/mol. The molecule has 2 aliphatic rings. The fourth-order valence-corrected chi connectivity index (χ4v) is 4.78. The normalized spacial score (nSPS) is 33.2. The molecule has 1 saturated carbocycles. The Morgan fingerprint density at radius 2 is 1.75 bits per heavy atom. The molecule has 2 rings (SSSR count). The van der Waals surface area contributed by atoms with E-state index in [9.17, 15) is 8.42 Å². The number of nitrogens with zero attached hydrogens (tertiary/aromatic N) is 2. The van der Waals surface area contributed by atoms with Crippen molar-refractivity contribution < 1.29 is 8.42 Å². The Balaban J connectivity index is 2.02. The fraction of sp³-hybridized carbons (Fsp3) is 1.00. The monoisotopic (exact) mass is 303 g/mol. The first-order chi connectivity index (χ1) is 9.25. The molecule has 0 bridgehead atoms. The van der Waals surface area contributed by atoms with Crippen LogP contribution in [0.4, 0.5) is 0 Å². The minimum absolute atomic E-state index is 0.311. The van der Waals surface area contributed by atoms with Gasteiger partial charge in [0.2, 0.25) is 10.0 Å². The quantitative estimate of drug-likeness (QED) is 0.835. The number of sulfonamides is 1. The molecule has 1 aliphatic carbocycles. The lowest BCUT2D eigenvalue weighted by molar-refractivity contribution is 0.0345. The van der Waals surface area contributed by atoms with E-state index in [2.05, 4.69) is 31.1 Å². The summed E-state index contributed by atoms with van der Waals surface area (Å²) in [6.45, 7) is 7.65. The third-order valence-corrected chi connectivity index (χ3v) is 6.37. The summed E-state index contributed by atoms with van der Waals surface area (Å²) >= 11 is 0. The van der Waals surface area contributed by atoms with Gasteiger partial charge in [0.1, 0.15) is 0 Å². The first-order valence-electron chi connectivity index (χ1n) is 7.62. The molecule has 0 aromatic carbocycles. The van der Waals surface area contributed by atoms with Gasteiger partial charge in [-0.15, -0.1) is 0 Å². The molecule has 118 valence electrons. The van der Waals surface area contributed by atoms with E-state index in [-0.39, 0.29) is 0 Å². The van der Waals surface area contributed by atoms with Gasteiger partial charge in [-0.2, -0.15) is 4.31 Å². The summed E-state index contributed by atoms with van der Waals surface area (Å²) in [7, 11) is -0.978. The highest BCUT2D eigenvalue weighted by Gasteiger charge is 2.41. The summed E-state index contributed by atoms with van der Waals surface area (Å²) in [5, 5.41) is 3.51. The number of hydrogen-bond acceptors (Lipinski definition) is 4. The molecule has 0 amide bonds. The molecule has 1 heterocycles. The Labute approximate surface area is 123 Å². The zero-order valence-electron chi connectivity index (χ0n) is 13.2. The van der Waals surface area contributed by atoms with Crippen LogP contribution < -0.4 is 5.32 Å². The molecule has 1 N–H and O–H groups in total. The number of nitrogens with one attached hydrogen (secondary N) is 1. The molecule has 2 atom stereocenters. The molecular formula is C14H29N3O2S. The standard InChI is InChI=1S/C14H29N3O2S/c1-14(2)7-5-6-12(13(14)15-3)16-8-10-17(11-9-16)20(4,18)19/h12-13,15H,5-11H2,1-4H3. The van der Waals surface area contributed by atoms with Crippen molar-refractivity contribution in [3.05, 3.63) is 0 Å². The first-order valence-corrected chi connectivity index (χ1v) is 9.47. The smallest absolute Gasteiger partial charge is 0.211 e. The van der Waals surface area contributed by atoms with Crippen molar-refractivity contribution in [3.63, 3.8) is 0 Å². The Kier molecular flexibility index (Phi) is 4.79. The largest absolute Gasteiger partial charge is 0.315 e. The van der Waals surface area contributed by atoms with E-state index in [1.54, 1.807) is 4.31 Å². The van der Waals surface area contributed by atoms with E-state index in [4.69, 9.17) is 0 Å². The summed E-state index contributed by atoms with van der Waals surface area (Å²) in [6, 6.07) is 1.02. The topological polar surface area (TPSA) is 52.6 Å². The molecule has 0 spiro atoms. The first kappa shape index (κ1) is 16.2. The lowest BCUT2D eigenvalue weighted by Gasteiger charge is -2.50. The Morgan fingerprint density at radius 1 is 1.15 bits per heavy atom. The van der Waals surface area contributed by atoms with Crippen molar-refractivity contribution in [2.45, 2.75) is 45.2 Å². The number of rotatable bonds is 3. The third-order valence-electron chi connectivity index (χ3n) is 5.07. The zero-order chi connectivity index (χ0) is 15.0. The Hall–Kier alpha value is -0.170. The Bertz CT molecular complexity index is 428. The van der Waals surface area contributed by atoms with Gasteiger partial charge in [0.25, 0.3) is 0 Å². The fourth-order valence-electron chi connectivity index (χ4n) is 3.95. The third kappa shape index (κ3) is 3.35. The van der Waals surface area contributed by atoms with Crippen LogP contribution in [0.15, 0.2) is 0 Å². The van der Waals surface area contributed by atoms with E-state index >= 15 is 0 Å². The van der Waals surface area contributed by atoms with Crippen molar-refractivity contribution in [2.24, 2.45) is 5.41 Å². The van der Waals surface area contributed by atoms with E-state index in [1.807, 2.05) is 0 Å². The maximum atomic E-state index is 11.6. The maximum Gasteiger partial charge on any atom is 0.211 e. The lowest BCUT2D eigenvalue weighted by atomic mass is 9.70. The number of piperazine rings is 1. The van der Waals surface area contributed by atoms with Crippen molar-refractivity contribution in [1.29, 1.82) is 0 Å². The van der Waals surface area contributed by atoms with Crippen LogP contribution >= 0.6 is 0 Å². The summed E-state index contributed by atoms with van der Waals surface area (Å²) in [4.78, 5) is 2.49. The van der Waals surface area contributed by atoms with Gasteiger partial charge in [-0.25, -0.2) is 8.42 Å². The van der Waals surface area contributed by atoms with Gasteiger partial charge in [0.05, 0.1) is 6.26 Å². The minimum Gasteiger partial charge on any atom is -0.315 e. The van der Waals surface area contributed by atoms with Crippen LogP contribution in [0.5, 0.6) is 0 Å². The van der Waals surface area contributed by atoms with Crippen LogP contribution in [0.2, 0.25) is 0 Å². The van der Waals surface area contributed by atoms with E-state index in [0.29, 0.717) is 30.6 Å². The molecule has 6 heteroatoms. The second kappa shape index (κ2) is 5.91. The van der Waals surface area contributed by atoms with Gasteiger partial charge in [-0.05, 0) is 25.3 Å². The number of hydrogen-bond donors (Lipinski definition) is 1. The molecule has 0 aromatic heterocycles. The predicted molar refractivity (Wildman–Crippen MR) is 82.3 cm³/mol. The molecule has 20 heavy (non-hydrogen) atoms. The van der Waals surface area contributed by atoms with Gasteiger partial charge in [-0.1, -0.05) is 20.3 Å².